The fraction of sp³-hybridized carbons (Fsp3) is 0.385. The number of halogens is 3. The maximum atomic E-state index is 13.0. The highest BCUT2D eigenvalue weighted by Gasteiger charge is 2.31. The lowest BCUT2D eigenvalue weighted by Crippen LogP contribution is -2.31. The molecule has 25 heavy (non-hydrogen) atoms. The monoisotopic (exact) mass is 381 g/mol. The molecule has 138 valence electrons. The number of H-pyrrole nitrogens is 2. The summed E-state index contributed by atoms with van der Waals surface area (Å²) in [4.78, 5) is 44.9. The third-order valence-electron chi connectivity index (χ3n) is 3.39. The Balaban J connectivity index is 2.46. The molecule has 2 aromatic rings. The van der Waals surface area contributed by atoms with Crippen molar-refractivity contribution in [3.8, 4) is 0 Å². The number of aromatic nitrogens is 2. The molecule has 0 saturated carbocycles. The van der Waals surface area contributed by atoms with Gasteiger partial charge in [-0.15, -0.1) is 0 Å². The topological polar surface area (TPSA) is 135 Å². The van der Waals surface area contributed by atoms with E-state index in [1.807, 2.05) is 0 Å². The highest BCUT2D eigenvalue weighted by Crippen LogP contribution is 2.35. The summed E-state index contributed by atoms with van der Waals surface area (Å²) in [6.07, 6.45) is -5.18. The van der Waals surface area contributed by atoms with Crippen molar-refractivity contribution >= 4 is 18.6 Å². The first kappa shape index (κ1) is 19.4. The molecular formula is C13H15F3N3O5P. The molecular weight excluding hydrogens is 366 g/mol. The molecule has 0 aliphatic heterocycles. The largest absolute Gasteiger partial charge is 0.416 e. The van der Waals surface area contributed by atoms with Crippen LogP contribution < -0.4 is 16.4 Å². The Labute approximate surface area is 138 Å². The molecule has 0 fully saturated rings. The summed E-state index contributed by atoms with van der Waals surface area (Å²) in [5, 5.41) is 2.69. The molecule has 0 bridgehead atoms. The first-order valence-corrected chi connectivity index (χ1v) is 8.81. The second-order valence-electron chi connectivity index (χ2n) is 5.59. The Hall–Kier alpha value is -1.94. The zero-order chi connectivity index (χ0) is 19.0. The van der Waals surface area contributed by atoms with Crippen molar-refractivity contribution in [2.75, 3.05) is 6.16 Å². The minimum atomic E-state index is -4.67. The van der Waals surface area contributed by atoms with Crippen molar-refractivity contribution in [3.05, 3.63) is 44.0 Å². The van der Waals surface area contributed by atoms with E-state index in [2.05, 4.69) is 15.3 Å². The average molecular weight is 381 g/mol. The zero-order valence-electron chi connectivity index (χ0n) is 12.8. The van der Waals surface area contributed by atoms with E-state index < -0.39 is 42.7 Å². The number of benzene rings is 1. The van der Waals surface area contributed by atoms with Crippen molar-refractivity contribution in [1.29, 1.82) is 0 Å². The molecule has 0 amide bonds. The Kier molecular flexibility index (Phi) is 5.24. The van der Waals surface area contributed by atoms with Crippen LogP contribution in [0.25, 0.3) is 11.0 Å². The first-order valence-electron chi connectivity index (χ1n) is 7.01. The fourth-order valence-corrected chi connectivity index (χ4v) is 3.15. The average Bonchev–Trinajstić information content (AvgIpc) is 2.43. The van der Waals surface area contributed by atoms with E-state index >= 15 is 0 Å². The summed E-state index contributed by atoms with van der Waals surface area (Å²) in [6, 6.07) is 0.808. The van der Waals surface area contributed by atoms with Crippen LogP contribution in [0.1, 0.15) is 18.1 Å². The van der Waals surface area contributed by atoms with Gasteiger partial charge in [-0.05, 0) is 24.6 Å². The third kappa shape index (κ3) is 5.02. The summed E-state index contributed by atoms with van der Waals surface area (Å²) in [5.41, 5.74) is -3.29. The number of aromatic amines is 2. The van der Waals surface area contributed by atoms with Crippen LogP contribution in [-0.4, -0.2) is 32.0 Å². The van der Waals surface area contributed by atoms with Crippen LogP contribution in [0.15, 0.2) is 21.7 Å². The van der Waals surface area contributed by atoms with Gasteiger partial charge in [-0.1, -0.05) is 0 Å². The molecule has 1 aromatic heterocycles. The standard InChI is InChI=1S/C13H15F3N3O5P/c1-6(5-25(22,23)24)17-4-7-2-8(13(14,15)16)3-9-10(7)19-12(21)11(20)18-9/h2-3,6,17H,4-5H2,1H3,(H,18,20)(H,19,21)(H2,22,23,24). The predicted molar refractivity (Wildman–Crippen MR) is 83.4 cm³/mol. The lowest BCUT2D eigenvalue weighted by molar-refractivity contribution is -0.137. The van der Waals surface area contributed by atoms with Gasteiger partial charge in [0.2, 0.25) is 0 Å². The number of hydrogen-bond acceptors (Lipinski definition) is 4. The van der Waals surface area contributed by atoms with Crippen molar-refractivity contribution in [2.45, 2.75) is 25.7 Å². The highest BCUT2D eigenvalue weighted by molar-refractivity contribution is 7.51. The molecule has 0 spiro atoms. The second kappa shape index (κ2) is 6.75. The summed E-state index contributed by atoms with van der Waals surface area (Å²) in [5.74, 6) is 0. The quantitative estimate of drug-likeness (QED) is 0.386. The van der Waals surface area contributed by atoms with Gasteiger partial charge in [0.05, 0.1) is 22.8 Å². The number of nitrogens with one attached hydrogen (secondary N) is 3. The van der Waals surface area contributed by atoms with Crippen molar-refractivity contribution < 1.29 is 27.5 Å². The minimum absolute atomic E-state index is 0.00785. The van der Waals surface area contributed by atoms with Crippen LogP contribution >= 0.6 is 7.60 Å². The van der Waals surface area contributed by atoms with Gasteiger partial charge >= 0.3 is 24.9 Å². The van der Waals surface area contributed by atoms with Gasteiger partial charge in [-0.2, -0.15) is 13.2 Å². The smallest absolute Gasteiger partial charge is 0.324 e. The summed E-state index contributed by atoms with van der Waals surface area (Å²) >= 11 is 0. The lowest BCUT2D eigenvalue weighted by Gasteiger charge is -2.16. The maximum Gasteiger partial charge on any atom is 0.416 e. The van der Waals surface area contributed by atoms with Gasteiger partial charge < -0.3 is 25.1 Å². The van der Waals surface area contributed by atoms with E-state index in [-0.39, 0.29) is 23.1 Å². The molecule has 5 N–H and O–H groups in total. The molecule has 0 radical (unpaired) electrons. The second-order valence-corrected chi connectivity index (χ2v) is 7.29. The first-order chi connectivity index (χ1) is 11.4. The molecule has 0 aliphatic carbocycles. The zero-order valence-corrected chi connectivity index (χ0v) is 13.7. The molecule has 12 heteroatoms. The normalized spacial score (nSPS) is 14.0. The van der Waals surface area contributed by atoms with Crippen molar-refractivity contribution in [3.63, 3.8) is 0 Å². The van der Waals surface area contributed by atoms with Crippen LogP contribution in [0.2, 0.25) is 0 Å². The molecule has 1 unspecified atom stereocenters. The maximum absolute atomic E-state index is 13.0. The van der Waals surface area contributed by atoms with E-state index in [0.29, 0.717) is 6.07 Å². The Morgan fingerprint density at radius 1 is 1.20 bits per heavy atom. The molecule has 1 heterocycles. The third-order valence-corrected chi connectivity index (χ3v) is 4.42. The number of alkyl halides is 3. The molecule has 0 aliphatic rings. The summed E-state index contributed by atoms with van der Waals surface area (Å²) in [6.45, 7) is 1.25. The summed E-state index contributed by atoms with van der Waals surface area (Å²) < 4.78 is 50.0. The van der Waals surface area contributed by atoms with Crippen molar-refractivity contribution in [2.24, 2.45) is 0 Å². The van der Waals surface area contributed by atoms with Crippen LogP contribution in [0.4, 0.5) is 13.2 Å². The van der Waals surface area contributed by atoms with Crippen LogP contribution in [0, 0.1) is 0 Å². The molecule has 8 nitrogen and oxygen atoms in total. The fourth-order valence-electron chi connectivity index (χ4n) is 2.31. The molecule has 1 aromatic carbocycles. The molecule has 2 rings (SSSR count). The van der Waals surface area contributed by atoms with E-state index in [1.54, 1.807) is 0 Å². The predicted octanol–water partition coefficient (Wildman–Crippen LogP) is 0.891. The Morgan fingerprint density at radius 3 is 2.36 bits per heavy atom. The van der Waals surface area contributed by atoms with Gasteiger partial charge in [0.15, 0.2) is 0 Å². The number of hydrogen-bond donors (Lipinski definition) is 5. The SMILES string of the molecule is CC(CP(=O)(O)O)NCc1cc(C(F)(F)F)cc2[nH]c(=O)c(=O)[nH]c12. The molecule has 0 saturated heterocycles. The van der Waals surface area contributed by atoms with Crippen LogP contribution in [0.3, 0.4) is 0 Å². The van der Waals surface area contributed by atoms with E-state index in [0.717, 1.165) is 6.07 Å². The van der Waals surface area contributed by atoms with Gasteiger partial charge in [0.1, 0.15) is 0 Å². The molecule has 1 atom stereocenters. The van der Waals surface area contributed by atoms with E-state index in [9.17, 15) is 27.3 Å². The van der Waals surface area contributed by atoms with Gasteiger partial charge in [0, 0.05) is 12.6 Å². The Bertz CT molecular complexity index is 947. The minimum Gasteiger partial charge on any atom is -0.324 e. The van der Waals surface area contributed by atoms with Crippen LogP contribution in [0.5, 0.6) is 0 Å². The van der Waals surface area contributed by atoms with Crippen molar-refractivity contribution in [1.82, 2.24) is 15.3 Å². The van der Waals surface area contributed by atoms with Crippen LogP contribution in [-0.2, 0) is 17.3 Å². The van der Waals surface area contributed by atoms with Gasteiger partial charge in [-0.3, -0.25) is 14.2 Å². The lowest BCUT2D eigenvalue weighted by atomic mass is 10.1. The van der Waals surface area contributed by atoms with E-state index in [4.69, 9.17) is 9.79 Å². The highest BCUT2D eigenvalue weighted by atomic mass is 31.2. The van der Waals surface area contributed by atoms with Gasteiger partial charge in [0.25, 0.3) is 0 Å². The number of fused-ring (bicyclic) bond motifs is 1. The number of rotatable bonds is 5. The Morgan fingerprint density at radius 2 is 1.80 bits per heavy atom. The van der Waals surface area contributed by atoms with E-state index in [1.165, 1.54) is 6.92 Å². The summed E-state index contributed by atoms with van der Waals surface area (Å²) in [7, 11) is -4.29. The van der Waals surface area contributed by atoms with Gasteiger partial charge in [-0.25, -0.2) is 0 Å².